The second kappa shape index (κ2) is 6.66. The molecule has 4 heteroatoms. The van der Waals surface area contributed by atoms with Gasteiger partial charge in [0.25, 0.3) is 0 Å². The van der Waals surface area contributed by atoms with Gasteiger partial charge in [-0.3, -0.25) is 4.79 Å². The quantitative estimate of drug-likeness (QED) is 0.798. The molecule has 0 fully saturated rings. The van der Waals surface area contributed by atoms with E-state index in [1.54, 1.807) is 6.07 Å². The molecule has 106 valence electrons. The van der Waals surface area contributed by atoms with Crippen LogP contribution in [0.4, 0.5) is 4.39 Å². The molecule has 1 aromatic rings. The Balaban J connectivity index is 2.67. The highest BCUT2D eigenvalue weighted by molar-refractivity contribution is 5.74. The third-order valence-electron chi connectivity index (χ3n) is 3.90. The molecule has 0 aromatic heterocycles. The van der Waals surface area contributed by atoms with Crippen LogP contribution in [-0.2, 0) is 11.3 Å². The summed E-state index contributed by atoms with van der Waals surface area (Å²) in [6.45, 7) is 6.56. The second-order valence-corrected chi connectivity index (χ2v) is 4.97. The van der Waals surface area contributed by atoms with Gasteiger partial charge in [0.05, 0.1) is 5.41 Å². The number of halogens is 1. The Kier molecular flexibility index (Phi) is 5.48. The Morgan fingerprint density at radius 1 is 1.37 bits per heavy atom. The van der Waals surface area contributed by atoms with E-state index in [0.29, 0.717) is 25.9 Å². The predicted octanol–water partition coefficient (Wildman–Crippen LogP) is 3.11. The summed E-state index contributed by atoms with van der Waals surface area (Å²) < 4.78 is 13.1. The number of hydrogen-bond acceptors (Lipinski definition) is 2. The number of nitrogens with one attached hydrogen (secondary N) is 1. The van der Waals surface area contributed by atoms with Crippen LogP contribution in [0, 0.1) is 18.2 Å². The van der Waals surface area contributed by atoms with E-state index in [1.807, 2.05) is 20.8 Å². The monoisotopic (exact) mass is 267 g/mol. The lowest BCUT2D eigenvalue weighted by Gasteiger charge is -2.27. The first kappa shape index (κ1) is 15.6. The first-order valence-electron chi connectivity index (χ1n) is 6.64. The van der Waals surface area contributed by atoms with Gasteiger partial charge >= 0.3 is 5.97 Å². The lowest BCUT2D eigenvalue weighted by atomic mass is 9.82. The van der Waals surface area contributed by atoms with Gasteiger partial charge in [-0.2, -0.15) is 0 Å². The number of carboxylic acid groups (broad SMARTS) is 1. The van der Waals surface area contributed by atoms with E-state index in [0.717, 1.165) is 11.1 Å². The molecule has 1 aromatic carbocycles. The van der Waals surface area contributed by atoms with Crippen LogP contribution in [0.25, 0.3) is 0 Å². The summed E-state index contributed by atoms with van der Waals surface area (Å²) in [7, 11) is 0. The van der Waals surface area contributed by atoms with Crippen molar-refractivity contribution in [2.75, 3.05) is 6.54 Å². The molecule has 1 rings (SSSR count). The number of rotatable bonds is 7. The molecule has 0 amide bonds. The Morgan fingerprint density at radius 3 is 2.53 bits per heavy atom. The summed E-state index contributed by atoms with van der Waals surface area (Å²) in [4.78, 5) is 11.3. The molecule has 0 aliphatic carbocycles. The van der Waals surface area contributed by atoms with Crippen LogP contribution >= 0.6 is 0 Å². The van der Waals surface area contributed by atoms with Crippen molar-refractivity contribution >= 4 is 5.97 Å². The number of carbonyl (C=O) groups is 1. The highest BCUT2D eigenvalue weighted by atomic mass is 19.1. The van der Waals surface area contributed by atoms with Crippen molar-refractivity contribution < 1.29 is 14.3 Å². The molecule has 0 unspecified atom stereocenters. The summed E-state index contributed by atoms with van der Waals surface area (Å²) >= 11 is 0. The SMILES string of the molecule is CCC(CC)(CNCc1cc(F)ccc1C)C(=O)O. The molecule has 0 bridgehead atoms. The maximum Gasteiger partial charge on any atom is 0.310 e. The van der Waals surface area contributed by atoms with E-state index in [9.17, 15) is 14.3 Å². The third-order valence-corrected chi connectivity index (χ3v) is 3.90. The molecule has 0 spiro atoms. The molecule has 0 radical (unpaired) electrons. The van der Waals surface area contributed by atoms with E-state index in [2.05, 4.69) is 5.32 Å². The van der Waals surface area contributed by atoms with Gasteiger partial charge in [0.1, 0.15) is 5.82 Å². The molecular weight excluding hydrogens is 245 g/mol. The molecule has 2 N–H and O–H groups in total. The molecule has 0 saturated carbocycles. The lowest BCUT2D eigenvalue weighted by molar-refractivity contribution is -0.149. The fourth-order valence-electron chi connectivity index (χ4n) is 2.15. The van der Waals surface area contributed by atoms with Gasteiger partial charge in [0.2, 0.25) is 0 Å². The molecular formula is C15H22FNO2. The molecule has 0 aliphatic rings. The topological polar surface area (TPSA) is 49.3 Å². The van der Waals surface area contributed by atoms with Gasteiger partial charge in [0, 0.05) is 13.1 Å². The largest absolute Gasteiger partial charge is 0.481 e. The van der Waals surface area contributed by atoms with E-state index >= 15 is 0 Å². The van der Waals surface area contributed by atoms with Crippen molar-refractivity contribution in [3.8, 4) is 0 Å². The average Bonchev–Trinajstić information content (AvgIpc) is 2.38. The van der Waals surface area contributed by atoms with Crippen molar-refractivity contribution in [3.63, 3.8) is 0 Å². The van der Waals surface area contributed by atoms with E-state index in [-0.39, 0.29) is 5.82 Å². The minimum Gasteiger partial charge on any atom is -0.481 e. The van der Waals surface area contributed by atoms with Crippen LogP contribution in [0.5, 0.6) is 0 Å². The van der Waals surface area contributed by atoms with E-state index in [1.165, 1.54) is 12.1 Å². The normalized spacial score (nSPS) is 11.6. The Morgan fingerprint density at radius 2 is 2.00 bits per heavy atom. The van der Waals surface area contributed by atoms with Crippen LogP contribution in [0.1, 0.15) is 37.8 Å². The molecule has 19 heavy (non-hydrogen) atoms. The zero-order valence-electron chi connectivity index (χ0n) is 11.8. The van der Waals surface area contributed by atoms with Crippen molar-refractivity contribution in [2.45, 2.75) is 40.2 Å². The van der Waals surface area contributed by atoms with Crippen LogP contribution in [0.15, 0.2) is 18.2 Å². The minimum absolute atomic E-state index is 0.266. The summed E-state index contributed by atoms with van der Waals surface area (Å²) in [5.74, 6) is -1.04. The van der Waals surface area contributed by atoms with Gasteiger partial charge in [-0.15, -0.1) is 0 Å². The summed E-state index contributed by atoms with van der Waals surface area (Å²) in [5, 5.41) is 12.5. The maximum atomic E-state index is 13.1. The predicted molar refractivity (Wildman–Crippen MR) is 73.5 cm³/mol. The van der Waals surface area contributed by atoms with Crippen LogP contribution in [0.2, 0.25) is 0 Å². The van der Waals surface area contributed by atoms with E-state index in [4.69, 9.17) is 0 Å². The first-order chi connectivity index (χ1) is 8.95. The van der Waals surface area contributed by atoms with Crippen LogP contribution < -0.4 is 5.32 Å². The zero-order valence-corrected chi connectivity index (χ0v) is 11.8. The summed E-state index contributed by atoms with van der Waals surface area (Å²) in [5.41, 5.74) is 1.13. The molecule has 0 aliphatic heterocycles. The highest BCUT2D eigenvalue weighted by Gasteiger charge is 2.34. The van der Waals surface area contributed by atoms with Crippen molar-refractivity contribution in [3.05, 3.63) is 35.1 Å². The van der Waals surface area contributed by atoms with Crippen molar-refractivity contribution in [1.82, 2.24) is 5.32 Å². The molecule has 3 nitrogen and oxygen atoms in total. The number of carboxylic acids is 1. The van der Waals surface area contributed by atoms with Gasteiger partial charge in [-0.1, -0.05) is 19.9 Å². The lowest BCUT2D eigenvalue weighted by Crippen LogP contribution is -2.40. The average molecular weight is 267 g/mol. The summed E-state index contributed by atoms with van der Waals surface area (Å²) in [6, 6.07) is 4.65. The Bertz CT molecular complexity index is 442. The van der Waals surface area contributed by atoms with Gasteiger partial charge < -0.3 is 10.4 Å². The summed E-state index contributed by atoms with van der Waals surface area (Å²) in [6.07, 6.45) is 1.15. The fourth-order valence-corrected chi connectivity index (χ4v) is 2.15. The molecule has 0 heterocycles. The number of aliphatic carboxylic acids is 1. The van der Waals surface area contributed by atoms with Gasteiger partial charge in [-0.25, -0.2) is 4.39 Å². The molecule has 0 saturated heterocycles. The fraction of sp³-hybridized carbons (Fsp3) is 0.533. The zero-order chi connectivity index (χ0) is 14.5. The van der Waals surface area contributed by atoms with Gasteiger partial charge in [-0.05, 0) is 43.0 Å². The Hall–Kier alpha value is -1.42. The van der Waals surface area contributed by atoms with Crippen LogP contribution in [0.3, 0.4) is 0 Å². The smallest absolute Gasteiger partial charge is 0.310 e. The van der Waals surface area contributed by atoms with Crippen molar-refractivity contribution in [1.29, 1.82) is 0 Å². The number of hydrogen-bond donors (Lipinski definition) is 2. The highest BCUT2D eigenvalue weighted by Crippen LogP contribution is 2.25. The second-order valence-electron chi connectivity index (χ2n) is 4.97. The third kappa shape index (κ3) is 3.77. The van der Waals surface area contributed by atoms with Crippen LogP contribution in [-0.4, -0.2) is 17.6 Å². The minimum atomic E-state index is -0.777. The number of aryl methyl sites for hydroxylation is 1. The van der Waals surface area contributed by atoms with Crippen molar-refractivity contribution in [2.24, 2.45) is 5.41 Å². The standard InChI is InChI=1S/C15H22FNO2/c1-4-15(5-2,14(18)19)10-17-9-12-8-13(16)7-6-11(12)3/h6-8,17H,4-5,9-10H2,1-3H3,(H,18,19). The number of benzene rings is 1. The van der Waals surface area contributed by atoms with Gasteiger partial charge in [0.15, 0.2) is 0 Å². The molecule has 0 atom stereocenters. The Labute approximate surface area is 113 Å². The maximum absolute atomic E-state index is 13.1. The van der Waals surface area contributed by atoms with E-state index < -0.39 is 11.4 Å². The first-order valence-corrected chi connectivity index (χ1v) is 6.64.